The summed E-state index contributed by atoms with van der Waals surface area (Å²) in [5.41, 5.74) is 0.956. The molecule has 2 rings (SSSR count). The lowest BCUT2D eigenvalue weighted by molar-refractivity contribution is 0.0526. The van der Waals surface area contributed by atoms with Gasteiger partial charge in [-0.2, -0.15) is 5.10 Å². The first-order valence-electron chi connectivity index (χ1n) is 7.43. The number of nitrogens with zero attached hydrogens (tertiary/aromatic N) is 3. The number of amides is 1. The number of benzene rings is 1. The zero-order valence-corrected chi connectivity index (χ0v) is 13.4. The molecule has 0 aliphatic rings. The van der Waals surface area contributed by atoms with Crippen molar-refractivity contribution in [1.82, 2.24) is 9.78 Å². The number of ether oxygens (including phenoxy) is 2. The second-order valence-corrected chi connectivity index (χ2v) is 4.52. The number of carbonyl (C=O) groups is 2. The van der Waals surface area contributed by atoms with Gasteiger partial charge in [0.25, 0.3) is 0 Å². The fourth-order valence-corrected chi connectivity index (χ4v) is 1.79. The number of anilines is 1. The Bertz CT molecular complexity index is 725. The fraction of sp³-hybridized carbons (Fsp3) is 0.250. The summed E-state index contributed by atoms with van der Waals surface area (Å²) in [6, 6.07) is 9.13. The molecule has 1 N–H and O–H groups in total. The molecule has 0 radical (unpaired) electrons. The highest BCUT2D eigenvalue weighted by Gasteiger charge is 2.14. The summed E-state index contributed by atoms with van der Waals surface area (Å²) in [6.45, 7) is 3.86. The van der Waals surface area contributed by atoms with Crippen LogP contribution in [0.25, 0.3) is 0 Å². The Balaban J connectivity index is 2.28. The highest BCUT2D eigenvalue weighted by molar-refractivity contribution is 6.01. The molecule has 1 heterocycles. The van der Waals surface area contributed by atoms with Crippen molar-refractivity contribution in [3.05, 3.63) is 48.3 Å². The van der Waals surface area contributed by atoms with E-state index in [0.29, 0.717) is 5.69 Å². The molecule has 0 unspecified atom stereocenters. The van der Waals surface area contributed by atoms with E-state index in [-0.39, 0.29) is 24.7 Å². The highest BCUT2D eigenvalue weighted by Crippen LogP contribution is 2.07. The summed E-state index contributed by atoms with van der Waals surface area (Å²) >= 11 is 0. The monoisotopic (exact) mass is 330 g/mol. The average Bonchev–Trinajstić information content (AvgIpc) is 3.06. The van der Waals surface area contributed by atoms with Crippen LogP contribution in [-0.4, -0.2) is 41.0 Å². The predicted molar refractivity (Wildman–Crippen MR) is 88.1 cm³/mol. The number of carbonyl (C=O) groups excluding carboxylic acids is 2. The van der Waals surface area contributed by atoms with E-state index in [1.165, 1.54) is 17.1 Å². The third kappa shape index (κ3) is 4.67. The van der Waals surface area contributed by atoms with Crippen LogP contribution in [0.3, 0.4) is 0 Å². The summed E-state index contributed by atoms with van der Waals surface area (Å²) in [5, 5.41) is 7.01. The van der Waals surface area contributed by atoms with Crippen LogP contribution in [-0.2, 0) is 9.47 Å². The van der Waals surface area contributed by atoms with Gasteiger partial charge in [-0.25, -0.2) is 14.3 Å². The van der Waals surface area contributed by atoms with Crippen LogP contribution in [0.1, 0.15) is 24.2 Å². The lowest BCUT2D eigenvalue weighted by atomic mass is 10.3. The molecule has 0 saturated heterocycles. The van der Waals surface area contributed by atoms with Crippen molar-refractivity contribution in [1.29, 1.82) is 0 Å². The smallest absolute Gasteiger partial charge is 0.436 e. The zero-order valence-electron chi connectivity index (χ0n) is 13.4. The van der Waals surface area contributed by atoms with Crippen molar-refractivity contribution in [2.24, 2.45) is 4.99 Å². The summed E-state index contributed by atoms with van der Waals surface area (Å²) < 4.78 is 11.0. The molecule has 0 spiro atoms. The maximum Gasteiger partial charge on any atom is 0.436 e. The van der Waals surface area contributed by atoms with Gasteiger partial charge in [-0.05, 0) is 26.0 Å². The van der Waals surface area contributed by atoms with Gasteiger partial charge >= 0.3 is 12.1 Å². The Kier molecular flexibility index (Phi) is 6.07. The summed E-state index contributed by atoms with van der Waals surface area (Å²) in [5.74, 6) is -0.394. The molecule has 1 amide bonds. The van der Waals surface area contributed by atoms with Gasteiger partial charge in [0.15, 0.2) is 0 Å². The summed E-state index contributed by atoms with van der Waals surface area (Å²) in [7, 11) is 0. The minimum Gasteiger partial charge on any atom is -0.462 e. The molecule has 2 aromatic rings. The van der Waals surface area contributed by atoms with Gasteiger partial charge in [0.1, 0.15) is 0 Å². The number of rotatable bonds is 4. The van der Waals surface area contributed by atoms with Gasteiger partial charge in [-0.1, -0.05) is 18.2 Å². The van der Waals surface area contributed by atoms with Gasteiger partial charge in [0.05, 0.1) is 25.0 Å². The molecule has 0 saturated carbocycles. The maximum atomic E-state index is 11.7. The molecule has 24 heavy (non-hydrogen) atoms. The van der Waals surface area contributed by atoms with Crippen LogP contribution in [0.15, 0.2) is 47.7 Å². The zero-order chi connectivity index (χ0) is 17.4. The number of aliphatic imine (C=N–C) groups is 1. The molecule has 126 valence electrons. The molecular formula is C16H18N4O4. The van der Waals surface area contributed by atoms with Crippen LogP contribution < -0.4 is 5.32 Å². The topological polar surface area (TPSA) is 94.8 Å². The molecule has 0 atom stereocenters. The highest BCUT2D eigenvalue weighted by atomic mass is 16.5. The lowest BCUT2D eigenvalue weighted by Crippen LogP contribution is -2.24. The molecule has 1 aromatic carbocycles. The normalized spacial score (nSPS) is 11.0. The molecule has 8 heteroatoms. The second-order valence-electron chi connectivity index (χ2n) is 4.52. The first kappa shape index (κ1) is 17.2. The minimum absolute atomic E-state index is 0.107. The van der Waals surface area contributed by atoms with E-state index >= 15 is 0 Å². The first-order valence-corrected chi connectivity index (χ1v) is 7.43. The van der Waals surface area contributed by atoms with E-state index in [4.69, 9.17) is 9.47 Å². The predicted octanol–water partition coefficient (Wildman–Crippen LogP) is 2.53. The van der Waals surface area contributed by atoms with Gasteiger partial charge in [0.2, 0.25) is 5.96 Å². The van der Waals surface area contributed by atoms with E-state index in [2.05, 4.69) is 15.4 Å². The number of esters is 1. The molecular weight excluding hydrogens is 312 g/mol. The first-order chi connectivity index (χ1) is 11.6. The maximum absolute atomic E-state index is 11.7. The third-order valence-electron chi connectivity index (χ3n) is 2.81. The second kappa shape index (κ2) is 8.47. The number of hydrogen-bond donors (Lipinski definition) is 1. The number of aromatic nitrogens is 2. The Morgan fingerprint density at radius 1 is 1.17 bits per heavy atom. The van der Waals surface area contributed by atoms with Gasteiger partial charge < -0.3 is 14.8 Å². The standard InChI is InChI=1S/C16H18N4O4/c1-3-23-14(21)12-10-17-20(11-12)15(19-16(22)24-4-2)18-13-8-6-5-7-9-13/h5-11H,3-4H2,1-2H3,(H,18,19,22). The number of nitrogens with one attached hydrogen (secondary N) is 1. The number of hydrogen-bond acceptors (Lipinski definition) is 5. The largest absolute Gasteiger partial charge is 0.462 e. The quantitative estimate of drug-likeness (QED) is 0.526. The minimum atomic E-state index is -0.760. The van der Waals surface area contributed by atoms with E-state index in [0.717, 1.165) is 0 Å². The molecule has 8 nitrogen and oxygen atoms in total. The van der Waals surface area contributed by atoms with Crippen molar-refractivity contribution in [3.63, 3.8) is 0 Å². The average molecular weight is 330 g/mol. The molecule has 0 aliphatic carbocycles. The SMILES string of the molecule is CCOC(=O)/N=C(/Nc1ccccc1)n1cc(C(=O)OCC)cn1. The summed E-state index contributed by atoms with van der Waals surface area (Å²) in [4.78, 5) is 27.3. The Labute approximate surface area is 139 Å². The van der Waals surface area contributed by atoms with Crippen molar-refractivity contribution < 1.29 is 19.1 Å². The van der Waals surface area contributed by atoms with Crippen LogP contribution in [0.5, 0.6) is 0 Å². The number of para-hydroxylation sites is 1. The molecule has 0 aliphatic heterocycles. The van der Waals surface area contributed by atoms with E-state index in [9.17, 15) is 9.59 Å². The molecule has 0 bridgehead atoms. The van der Waals surface area contributed by atoms with Crippen LogP contribution >= 0.6 is 0 Å². The van der Waals surface area contributed by atoms with E-state index in [1.54, 1.807) is 26.0 Å². The van der Waals surface area contributed by atoms with Crippen LogP contribution in [0, 0.1) is 0 Å². The van der Waals surface area contributed by atoms with Gasteiger partial charge in [-0.15, -0.1) is 4.99 Å². The fourth-order valence-electron chi connectivity index (χ4n) is 1.79. The van der Waals surface area contributed by atoms with Crippen molar-refractivity contribution in [2.75, 3.05) is 18.5 Å². The molecule has 1 aromatic heterocycles. The van der Waals surface area contributed by atoms with Gasteiger partial charge in [-0.3, -0.25) is 0 Å². The van der Waals surface area contributed by atoms with Gasteiger partial charge in [0, 0.05) is 11.9 Å². The lowest BCUT2D eigenvalue weighted by Gasteiger charge is -2.09. The van der Waals surface area contributed by atoms with Crippen molar-refractivity contribution in [2.45, 2.75) is 13.8 Å². The Morgan fingerprint density at radius 2 is 1.88 bits per heavy atom. The van der Waals surface area contributed by atoms with Crippen molar-refractivity contribution >= 4 is 23.7 Å². The molecule has 0 fully saturated rings. The van der Waals surface area contributed by atoms with E-state index in [1.807, 2.05) is 18.2 Å². The Hall–Kier alpha value is -3.16. The van der Waals surface area contributed by atoms with E-state index < -0.39 is 12.1 Å². The van der Waals surface area contributed by atoms with Crippen LogP contribution in [0.2, 0.25) is 0 Å². The van der Waals surface area contributed by atoms with Crippen molar-refractivity contribution in [3.8, 4) is 0 Å². The third-order valence-corrected chi connectivity index (χ3v) is 2.81. The summed E-state index contributed by atoms with van der Waals surface area (Å²) in [6.07, 6.45) is 2.00. The van der Waals surface area contributed by atoms with Crippen LogP contribution in [0.4, 0.5) is 10.5 Å². The Morgan fingerprint density at radius 3 is 2.54 bits per heavy atom.